The van der Waals surface area contributed by atoms with Crippen LogP contribution in [0.4, 0.5) is 5.69 Å². The standard InChI is InChI=1S/C15H16N4OS/c16-5-6-17-12-7-15(20)19(18-8-12)9-11-10-21-14-4-2-1-3-13(11)14/h1-4,7-8,10,17H,5-6,9,16H2. The number of thiophene rings is 1. The van der Waals surface area contributed by atoms with Gasteiger partial charge in [0.05, 0.1) is 18.4 Å². The zero-order valence-electron chi connectivity index (χ0n) is 11.5. The fraction of sp³-hybridized carbons (Fsp3) is 0.200. The highest BCUT2D eigenvalue weighted by Crippen LogP contribution is 2.25. The summed E-state index contributed by atoms with van der Waals surface area (Å²) in [7, 11) is 0. The molecule has 0 radical (unpaired) electrons. The molecule has 0 aliphatic rings. The zero-order chi connectivity index (χ0) is 14.7. The summed E-state index contributed by atoms with van der Waals surface area (Å²) in [5.74, 6) is 0. The van der Waals surface area contributed by atoms with E-state index in [9.17, 15) is 4.79 Å². The minimum Gasteiger partial charge on any atom is -0.382 e. The molecule has 6 heteroatoms. The number of nitrogens with two attached hydrogens (primary N) is 1. The third kappa shape index (κ3) is 2.96. The molecule has 0 aliphatic carbocycles. The van der Waals surface area contributed by atoms with Crippen molar-refractivity contribution in [1.29, 1.82) is 0 Å². The smallest absolute Gasteiger partial charge is 0.269 e. The van der Waals surface area contributed by atoms with Crippen molar-refractivity contribution in [1.82, 2.24) is 9.78 Å². The molecule has 0 atom stereocenters. The van der Waals surface area contributed by atoms with Gasteiger partial charge in [0.25, 0.3) is 5.56 Å². The maximum atomic E-state index is 12.1. The van der Waals surface area contributed by atoms with Crippen LogP contribution >= 0.6 is 11.3 Å². The van der Waals surface area contributed by atoms with Crippen LogP contribution < -0.4 is 16.6 Å². The van der Waals surface area contributed by atoms with Crippen molar-refractivity contribution in [2.24, 2.45) is 5.73 Å². The van der Waals surface area contributed by atoms with Gasteiger partial charge in [-0.3, -0.25) is 4.79 Å². The van der Waals surface area contributed by atoms with Crippen molar-refractivity contribution in [2.45, 2.75) is 6.54 Å². The molecule has 0 saturated heterocycles. The Morgan fingerprint density at radius 2 is 2.19 bits per heavy atom. The molecule has 108 valence electrons. The van der Waals surface area contributed by atoms with E-state index in [1.54, 1.807) is 23.6 Å². The summed E-state index contributed by atoms with van der Waals surface area (Å²) < 4.78 is 2.70. The highest BCUT2D eigenvalue weighted by atomic mass is 32.1. The molecule has 0 saturated carbocycles. The Balaban J connectivity index is 1.86. The molecule has 3 aromatic rings. The van der Waals surface area contributed by atoms with Crippen molar-refractivity contribution in [2.75, 3.05) is 18.4 Å². The monoisotopic (exact) mass is 300 g/mol. The molecule has 0 unspecified atom stereocenters. The first-order chi connectivity index (χ1) is 10.3. The van der Waals surface area contributed by atoms with Gasteiger partial charge in [-0.2, -0.15) is 5.10 Å². The first kappa shape index (κ1) is 13.8. The van der Waals surface area contributed by atoms with Crippen LogP contribution in [0, 0.1) is 0 Å². The van der Waals surface area contributed by atoms with E-state index in [-0.39, 0.29) is 5.56 Å². The molecule has 21 heavy (non-hydrogen) atoms. The summed E-state index contributed by atoms with van der Waals surface area (Å²) in [4.78, 5) is 12.1. The number of rotatable bonds is 5. The molecule has 0 bridgehead atoms. The first-order valence-corrected chi connectivity index (χ1v) is 7.62. The number of hydrogen-bond acceptors (Lipinski definition) is 5. The highest BCUT2D eigenvalue weighted by Gasteiger charge is 2.06. The van der Waals surface area contributed by atoms with Gasteiger partial charge in [-0.05, 0) is 22.4 Å². The number of nitrogens with zero attached hydrogens (tertiary/aromatic N) is 2. The fourth-order valence-electron chi connectivity index (χ4n) is 2.18. The van der Waals surface area contributed by atoms with E-state index >= 15 is 0 Å². The summed E-state index contributed by atoms with van der Waals surface area (Å²) in [6, 6.07) is 9.74. The van der Waals surface area contributed by atoms with Crippen LogP contribution in [0.3, 0.4) is 0 Å². The number of fused-ring (bicyclic) bond motifs is 1. The van der Waals surface area contributed by atoms with Crippen LogP contribution in [0.15, 0.2) is 46.7 Å². The van der Waals surface area contributed by atoms with Crippen molar-refractivity contribution >= 4 is 27.1 Å². The molecule has 0 fully saturated rings. The van der Waals surface area contributed by atoms with Crippen molar-refractivity contribution < 1.29 is 0 Å². The Bertz CT molecular complexity index is 809. The van der Waals surface area contributed by atoms with E-state index in [2.05, 4.69) is 27.9 Å². The molecule has 3 N–H and O–H groups in total. The summed E-state index contributed by atoms with van der Waals surface area (Å²) in [5.41, 5.74) is 7.13. The summed E-state index contributed by atoms with van der Waals surface area (Å²) in [5, 5.41) is 10.5. The quantitative estimate of drug-likeness (QED) is 0.754. The predicted octanol–water partition coefficient (Wildman–Crippen LogP) is 1.88. The van der Waals surface area contributed by atoms with Crippen LogP contribution in [0.5, 0.6) is 0 Å². The lowest BCUT2D eigenvalue weighted by Gasteiger charge is -2.07. The van der Waals surface area contributed by atoms with Gasteiger partial charge in [-0.1, -0.05) is 18.2 Å². The number of aromatic nitrogens is 2. The van der Waals surface area contributed by atoms with E-state index in [0.717, 1.165) is 5.56 Å². The number of anilines is 1. The van der Waals surface area contributed by atoms with Crippen LogP contribution in [-0.4, -0.2) is 22.9 Å². The first-order valence-electron chi connectivity index (χ1n) is 6.74. The molecule has 3 rings (SSSR count). The van der Waals surface area contributed by atoms with Gasteiger partial charge in [-0.15, -0.1) is 11.3 Å². The summed E-state index contributed by atoms with van der Waals surface area (Å²) in [6.07, 6.45) is 1.66. The number of nitrogens with one attached hydrogen (secondary N) is 1. The minimum atomic E-state index is -0.118. The third-order valence-corrected chi connectivity index (χ3v) is 4.24. The third-order valence-electron chi connectivity index (χ3n) is 3.22. The van der Waals surface area contributed by atoms with E-state index in [1.165, 1.54) is 14.8 Å². The van der Waals surface area contributed by atoms with Gasteiger partial charge in [0, 0.05) is 23.9 Å². The van der Waals surface area contributed by atoms with Crippen molar-refractivity contribution in [3.63, 3.8) is 0 Å². The van der Waals surface area contributed by atoms with Crippen LogP contribution in [0.2, 0.25) is 0 Å². The van der Waals surface area contributed by atoms with Gasteiger partial charge in [0.1, 0.15) is 0 Å². The van der Waals surface area contributed by atoms with Gasteiger partial charge in [-0.25, -0.2) is 4.68 Å². The average Bonchev–Trinajstić information content (AvgIpc) is 2.91. The van der Waals surface area contributed by atoms with Crippen LogP contribution in [0.25, 0.3) is 10.1 Å². The second kappa shape index (κ2) is 6.07. The fourth-order valence-corrected chi connectivity index (χ4v) is 3.14. The summed E-state index contributed by atoms with van der Waals surface area (Å²) >= 11 is 1.68. The Morgan fingerprint density at radius 3 is 3.00 bits per heavy atom. The lowest BCUT2D eigenvalue weighted by molar-refractivity contribution is 0.643. The Morgan fingerprint density at radius 1 is 1.33 bits per heavy atom. The van der Waals surface area contributed by atoms with Gasteiger partial charge in [0.2, 0.25) is 0 Å². The molecular weight excluding hydrogens is 284 g/mol. The molecule has 0 spiro atoms. The second-order valence-electron chi connectivity index (χ2n) is 4.71. The average molecular weight is 300 g/mol. The highest BCUT2D eigenvalue weighted by molar-refractivity contribution is 7.17. The Hall–Kier alpha value is -2.18. The maximum Gasteiger partial charge on any atom is 0.269 e. The molecule has 1 aromatic carbocycles. The maximum absolute atomic E-state index is 12.1. The van der Waals surface area contributed by atoms with Crippen molar-refractivity contribution in [3.8, 4) is 0 Å². The molecule has 0 amide bonds. The van der Waals surface area contributed by atoms with E-state index < -0.39 is 0 Å². The minimum absolute atomic E-state index is 0.118. The molecule has 0 aliphatic heterocycles. The van der Waals surface area contributed by atoms with Crippen LogP contribution in [-0.2, 0) is 6.54 Å². The molecule has 5 nitrogen and oxygen atoms in total. The van der Waals surface area contributed by atoms with E-state index in [0.29, 0.717) is 25.3 Å². The Labute approximate surface area is 126 Å². The molecule has 2 aromatic heterocycles. The SMILES string of the molecule is NCCNc1cnn(Cc2csc3ccccc23)c(=O)c1. The lowest BCUT2D eigenvalue weighted by atomic mass is 10.2. The lowest BCUT2D eigenvalue weighted by Crippen LogP contribution is -2.23. The molecular formula is C15H16N4OS. The Kier molecular flexibility index (Phi) is 3.98. The number of benzene rings is 1. The van der Waals surface area contributed by atoms with E-state index in [1.807, 2.05) is 12.1 Å². The van der Waals surface area contributed by atoms with Gasteiger partial charge in [0.15, 0.2) is 0 Å². The summed E-state index contributed by atoms with van der Waals surface area (Å²) in [6.45, 7) is 1.63. The molecule has 2 heterocycles. The van der Waals surface area contributed by atoms with Gasteiger partial charge < -0.3 is 11.1 Å². The zero-order valence-corrected chi connectivity index (χ0v) is 12.3. The van der Waals surface area contributed by atoms with E-state index in [4.69, 9.17) is 5.73 Å². The predicted molar refractivity (Wildman–Crippen MR) is 87.0 cm³/mol. The van der Waals surface area contributed by atoms with Gasteiger partial charge >= 0.3 is 0 Å². The normalized spacial score (nSPS) is 10.9. The van der Waals surface area contributed by atoms with Crippen LogP contribution in [0.1, 0.15) is 5.56 Å². The number of hydrogen-bond donors (Lipinski definition) is 2. The van der Waals surface area contributed by atoms with Crippen molar-refractivity contribution in [3.05, 3.63) is 57.8 Å². The second-order valence-corrected chi connectivity index (χ2v) is 5.62. The largest absolute Gasteiger partial charge is 0.382 e. The topological polar surface area (TPSA) is 72.9 Å².